The second-order valence-electron chi connectivity index (χ2n) is 3.59. The number of benzene rings is 2. The zero-order valence-electron chi connectivity index (χ0n) is 9.44. The van der Waals surface area contributed by atoms with Gasteiger partial charge in [0.1, 0.15) is 5.75 Å². The van der Waals surface area contributed by atoms with Crippen molar-refractivity contribution in [1.82, 2.24) is 0 Å². The SMILES string of the molecule is COc1ccc(Sc2cccc(C)c2)cc1. The maximum Gasteiger partial charge on any atom is 0.118 e. The predicted octanol–water partition coefficient (Wildman–Crippen LogP) is 4.15. The van der Waals surface area contributed by atoms with Gasteiger partial charge in [-0.05, 0) is 43.3 Å². The van der Waals surface area contributed by atoms with Gasteiger partial charge in [0.15, 0.2) is 0 Å². The molecule has 0 bridgehead atoms. The maximum absolute atomic E-state index is 5.13. The largest absolute Gasteiger partial charge is 0.497 e. The van der Waals surface area contributed by atoms with Crippen molar-refractivity contribution in [2.24, 2.45) is 0 Å². The maximum atomic E-state index is 5.13. The van der Waals surface area contributed by atoms with Gasteiger partial charge in [-0.3, -0.25) is 0 Å². The van der Waals surface area contributed by atoms with Crippen molar-refractivity contribution >= 4 is 11.8 Å². The van der Waals surface area contributed by atoms with Crippen LogP contribution in [-0.2, 0) is 0 Å². The minimum Gasteiger partial charge on any atom is -0.497 e. The second-order valence-corrected chi connectivity index (χ2v) is 4.74. The molecule has 0 fully saturated rings. The Morgan fingerprint density at radius 1 is 0.938 bits per heavy atom. The minimum absolute atomic E-state index is 0.897. The van der Waals surface area contributed by atoms with Gasteiger partial charge in [-0.1, -0.05) is 29.5 Å². The summed E-state index contributed by atoms with van der Waals surface area (Å²) in [7, 11) is 1.68. The first-order chi connectivity index (χ1) is 7.78. The zero-order valence-corrected chi connectivity index (χ0v) is 10.3. The Morgan fingerprint density at radius 3 is 2.31 bits per heavy atom. The number of ether oxygens (including phenoxy) is 1. The molecule has 2 aromatic carbocycles. The highest BCUT2D eigenvalue weighted by molar-refractivity contribution is 7.99. The fourth-order valence-corrected chi connectivity index (χ4v) is 2.39. The van der Waals surface area contributed by atoms with Crippen LogP contribution < -0.4 is 4.74 Å². The van der Waals surface area contributed by atoms with E-state index in [0.717, 1.165) is 5.75 Å². The molecule has 0 saturated carbocycles. The molecule has 0 unspecified atom stereocenters. The van der Waals surface area contributed by atoms with E-state index in [2.05, 4.69) is 43.3 Å². The van der Waals surface area contributed by atoms with E-state index in [0.29, 0.717) is 0 Å². The van der Waals surface area contributed by atoms with Gasteiger partial charge in [0.25, 0.3) is 0 Å². The molecule has 2 aromatic rings. The van der Waals surface area contributed by atoms with Crippen LogP contribution >= 0.6 is 11.8 Å². The lowest BCUT2D eigenvalue weighted by atomic mass is 10.2. The first-order valence-corrected chi connectivity index (χ1v) is 5.98. The van der Waals surface area contributed by atoms with E-state index in [1.165, 1.54) is 15.4 Å². The lowest BCUT2D eigenvalue weighted by Crippen LogP contribution is -1.81. The fraction of sp³-hybridized carbons (Fsp3) is 0.143. The molecule has 0 aliphatic carbocycles. The zero-order chi connectivity index (χ0) is 11.4. The van der Waals surface area contributed by atoms with Crippen LogP contribution in [0.5, 0.6) is 5.75 Å². The summed E-state index contributed by atoms with van der Waals surface area (Å²) in [5.74, 6) is 0.897. The van der Waals surface area contributed by atoms with Crippen LogP contribution in [0.15, 0.2) is 58.3 Å². The third-order valence-electron chi connectivity index (χ3n) is 2.28. The van der Waals surface area contributed by atoms with Crippen LogP contribution in [-0.4, -0.2) is 7.11 Å². The van der Waals surface area contributed by atoms with E-state index in [-0.39, 0.29) is 0 Å². The van der Waals surface area contributed by atoms with E-state index in [1.807, 2.05) is 12.1 Å². The van der Waals surface area contributed by atoms with Gasteiger partial charge in [0.05, 0.1) is 7.11 Å². The molecule has 1 nitrogen and oxygen atoms in total. The standard InChI is InChI=1S/C14H14OS/c1-11-4-3-5-14(10-11)16-13-8-6-12(15-2)7-9-13/h3-10H,1-2H3. The van der Waals surface area contributed by atoms with E-state index >= 15 is 0 Å². The lowest BCUT2D eigenvalue weighted by molar-refractivity contribution is 0.414. The molecule has 2 rings (SSSR count). The van der Waals surface area contributed by atoms with Gasteiger partial charge >= 0.3 is 0 Å². The van der Waals surface area contributed by atoms with Crippen LogP contribution in [0.4, 0.5) is 0 Å². The predicted molar refractivity (Wildman–Crippen MR) is 68.3 cm³/mol. The molecule has 0 aliphatic heterocycles. The molecule has 0 atom stereocenters. The normalized spacial score (nSPS) is 10.1. The summed E-state index contributed by atoms with van der Waals surface area (Å²) in [4.78, 5) is 2.50. The fourth-order valence-electron chi connectivity index (χ4n) is 1.46. The number of hydrogen-bond acceptors (Lipinski definition) is 2. The molecule has 82 valence electrons. The van der Waals surface area contributed by atoms with E-state index < -0.39 is 0 Å². The third-order valence-corrected chi connectivity index (χ3v) is 3.28. The Balaban J connectivity index is 2.14. The summed E-state index contributed by atoms with van der Waals surface area (Å²) >= 11 is 1.77. The van der Waals surface area contributed by atoms with Crippen molar-refractivity contribution in [2.75, 3.05) is 7.11 Å². The summed E-state index contributed by atoms with van der Waals surface area (Å²) in [5.41, 5.74) is 1.29. The molecule has 0 N–H and O–H groups in total. The lowest BCUT2D eigenvalue weighted by Gasteiger charge is -2.04. The Hall–Kier alpha value is -1.41. The summed E-state index contributed by atoms with van der Waals surface area (Å²) in [6.07, 6.45) is 0. The van der Waals surface area contributed by atoms with Gasteiger partial charge in [0.2, 0.25) is 0 Å². The third kappa shape index (κ3) is 2.80. The monoisotopic (exact) mass is 230 g/mol. The van der Waals surface area contributed by atoms with Gasteiger partial charge in [-0.25, -0.2) is 0 Å². The molecule has 0 spiro atoms. The first-order valence-electron chi connectivity index (χ1n) is 5.16. The molecule has 0 aromatic heterocycles. The molecule has 2 heteroatoms. The number of methoxy groups -OCH3 is 1. The van der Waals surface area contributed by atoms with Crippen molar-refractivity contribution in [3.05, 3.63) is 54.1 Å². The summed E-state index contributed by atoms with van der Waals surface area (Å²) in [6, 6.07) is 16.6. The van der Waals surface area contributed by atoms with Crippen LogP contribution in [0.1, 0.15) is 5.56 Å². The van der Waals surface area contributed by atoms with Crippen LogP contribution in [0.25, 0.3) is 0 Å². The van der Waals surface area contributed by atoms with E-state index in [9.17, 15) is 0 Å². The molecule has 16 heavy (non-hydrogen) atoms. The van der Waals surface area contributed by atoms with Crippen molar-refractivity contribution in [1.29, 1.82) is 0 Å². The van der Waals surface area contributed by atoms with Crippen LogP contribution in [0.2, 0.25) is 0 Å². The molecular formula is C14H14OS. The summed E-state index contributed by atoms with van der Waals surface area (Å²) < 4.78 is 5.13. The number of aryl methyl sites for hydroxylation is 1. The Kier molecular flexibility index (Phi) is 3.52. The average Bonchev–Trinajstić information content (AvgIpc) is 2.30. The van der Waals surface area contributed by atoms with Gasteiger partial charge < -0.3 is 4.74 Å². The molecular weight excluding hydrogens is 216 g/mol. The molecule has 0 heterocycles. The van der Waals surface area contributed by atoms with Crippen LogP contribution in [0.3, 0.4) is 0 Å². The summed E-state index contributed by atoms with van der Waals surface area (Å²) in [6.45, 7) is 2.11. The highest BCUT2D eigenvalue weighted by atomic mass is 32.2. The van der Waals surface area contributed by atoms with Gasteiger partial charge in [-0.2, -0.15) is 0 Å². The van der Waals surface area contributed by atoms with E-state index in [4.69, 9.17) is 4.74 Å². The molecule has 0 amide bonds. The minimum atomic E-state index is 0.897. The van der Waals surface area contributed by atoms with Crippen LogP contribution in [0, 0.1) is 6.92 Å². The van der Waals surface area contributed by atoms with Crippen molar-refractivity contribution < 1.29 is 4.74 Å². The Bertz CT molecular complexity index is 462. The molecule has 0 radical (unpaired) electrons. The van der Waals surface area contributed by atoms with Crippen molar-refractivity contribution in [2.45, 2.75) is 16.7 Å². The number of hydrogen-bond donors (Lipinski definition) is 0. The highest BCUT2D eigenvalue weighted by Crippen LogP contribution is 2.29. The summed E-state index contributed by atoms with van der Waals surface area (Å²) in [5, 5.41) is 0. The highest BCUT2D eigenvalue weighted by Gasteiger charge is 1.98. The second kappa shape index (κ2) is 5.08. The molecule has 0 saturated heterocycles. The quantitative estimate of drug-likeness (QED) is 0.783. The van der Waals surface area contributed by atoms with Gasteiger partial charge in [0, 0.05) is 9.79 Å². The molecule has 0 aliphatic rings. The average molecular weight is 230 g/mol. The van der Waals surface area contributed by atoms with Crippen molar-refractivity contribution in [3.63, 3.8) is 0 Å². The topological polar surface area (TPSA) is 9.23 Å². The van der Waals surface area contributed by atoms with Gasteiger partial charge in [-0.15, -0.1) is 0 Å². The van der Waals surface area contributed by atoms with Crippen molar-refractivity contribution in [3.8, 4) is 5.75 Å². The smallest absolute Gasteiger partial charge is 0.118 e. The van der Waals surface area contributed by atoms with E-state index in [1.54, 1.807) is 18.9 Å². The number of rotatable bonds is 3. The Morgan fingerprint density at radius 2 is 1.69 bits per heavy atom. The Labute approximate surface area is 100 Å². The first kappa shape index (κ1) is 11.1.